The van der Waals surface area contributed by atoms with Crippen molar-refractivity contribution in [2.45, 2.75) is 44.6 Å². The van der Waals surface area contributed by atoms with E-state index in [0.717, 1.165) is 9.99 Å². The Hall–Kier alpha value is -0.630. The summed E-state index contributed by atoms with van der Waals surface area (Å²) in [6.07, 6.45) is 0.240. The van der Waals surface area contributed by atoms with Gasteiger partial charge in [0.15, 0.2) is 11.0 Å². The Morgan fingerprint density at radius 2 is 2.05 bits per heavy atom. The van der Waals surface area contributed by atoms with Gasteiger partial charge in [-0.3, -0.25) is 0 Å². The third-order valence-corrected chi connectivity index (χ3v) is 4.55. The molecule has 0 saturated carbocycles. The lowest BCUT2D eigenvalue weighted by molar-refractivity contribution is 0.0572. The molecule has 1 aromatic carbocycles. The van der Waals surface area contributed by atoms with Gasteiger partial charge >= 0.3 is 6.09 Å². The molecule has 0 bridgehead atoms. The van der Waals surface area contributed by atoms with Gasteiger partial charge in [0.1, 0.15) is 5.60 Å². The molecule has 0 spiro atoms. The lowest BCUT2D eigenvalue weighted by Crippen LogP contribution is -2.33. The number of hydrogen-bond acceptors (Lipinski definition) is 3. The third-order valence-electron chi connectivity index (χ3n) is 2.18. The average Bonchev–Trinajstić information content (AvgIpc) is 2.25. The molecule has 0 heterocycles. The summed E-state index contributed by atoms with van der Waals surface area (Å²) in [4.78, 5) is 12.1. The number of ether oxygens (including phenoxy) is 1. The lowest BCUT2D eigenvalue weighted by Gasteiger charge is -2.19. The maximum absolute atomic E-state index is 12.1. The molecule has 0 aliphatic heterocycles. The van der Waals surface area contributed by atoms with Crippen molar-refractivity contribution in [3.63, 3.8) is 0 Å². The predicted octanol–water partition coefficient (Wildman–Crippen LogP) is 3.40. The number of aryl methyl sites for hydroxylation is 1. The van der Waals surface area contributed by atoms with Gasteiger partial charge in [0.2, 0.25) is 0 Å². The number of benzene rings is 1. The maximum Gasteiger partial charge on any atom is 0.419 e. The fraction of sp³-hybridized carbons (Fsp3) is 0.462. The highest BCUT2D eigenvalue weighted by Crippen LogP contribution is 2.18. The highest BCUT2D eigenvalue weighted by molar-refractivity contribution is 14.1. The second kappa shape index (κ2) is 6.69. The summed E-state index contributed by atoms with van der Waals surface area (Å²) in [6, 6.07) is 5.64. The Balaban J connectivity index is 2.76. The van der Waals surface area contributed by atoms with Crippen molar-refractivity contribution < 1.29 is 13.7 Å². The molecule has 0 aliphatic rings. The van der Waals surface area contributed by atoms with Gasteiger partial charge in [-0.1, -0.05) is 13.0 Å². The molecule has 106 valence electrons. The molecule has 1 rings (SSSR count). The van der Waals surface area contributed by atoms with Crippen molar-refractivity contribution in [2.24, 2.45) is 0 Å². The number of hydrogen-bond donors (Lipinski definition) is 1. The van der Waals surface area contributed by atoms with Crippen LogP contribution >= 0.6 is 22.6 Å². The van der Waals surface area contributed by atoms with E-state index in [4.69, 9.17) is 4.74 Å². The third kappa shape index (κ3) is 5.48. The van der Waals surface area contributed by atoms with Crippen LogP contribution in [0.2, 0.25) is 0 Å². The number of carbonyl (C=O) groups excluding carboxylic acids is 1. The Kier molecular flexibility index (Phi) is 5.79. The molecule has 0 fully saturated rings. The molecule has 1 unspecified atom stereocenters. The van der Waals surface area contributed by atoms with Gasteiger partial charge in [-0.05, 0) is 67.5 Å². The number of halogens is 1. The topological polar surface area (TPSA) is 55.4 Å². The monoisotopic (exact) mass is 395 g/mol. The Bertz CT molecular complexity index is 497. The first-order valence-electron chi connectivity index (χ1n) is 5.92. The molecule has 0 aromatic heterocycles. The summed E-state index contributed by atoms with van der Waals surface area (Å²) in [5.41, 5.74) is 0.565. The van der Waals surface area contributed by atoms with Crippen LogP contribution in [-0.4, -0.2) is 15.9 Å². The fourth-order valence-electron chi connectivity index (χ4n) is 1.34. The molecule has 1 N–H and O–H groups in total. The minimum Gasteiger partial charge on any atom is -0.443 e. The number of nitrogens with one attached hydrogen (secondary N) is 1. The molecular formula is C13H18INO3S. The van der Waals surface area contributed by atoms with Gasteiger partial charge < -0.3 is 4.74 Å². The Labute approximate surface area is 130 Å². The van der Waals surface area contributed by atoms with E-state index in [-0.39, 0.29) is 0 Å². The molecule has 1 amide bonds. The zero-order valence-corrected chi connectivity index (χ0v) is 14.4. The fourth-order valence-corrected chi connectivity index (χ4v) is 3.25. The van der Waals surface area contributed by atoms with Crippen molar-refractivity contribution in [2.75, 3.05) is 0 Å². The zero-order chi connectivity index (χ0) is 14.6. The lowest BCUT2D eigenvalue weighted by atomic mass is 10.2. The summed E-state index contributed by atoms with van der Waals surface area (Å²) in [5.74, 6) is 0. The first-order valence-corrected chi connectivity index (χ1v) is 8.15. The molecule has 19 heavy (non-hydrogen) atoms. The van der Waals surface area contributed by atoms with Crippen LogP contribution < -0.4 is 4.72 Å². The van der Waals surface area contributed by atoms with Gasteiger partial charge in [-0.15, -0.1) is 0 Å². The van der Waals surface area contributed by atoms with Crippen molar-refractivity contribution in [3.05, 3.63) is 27.3 Å². The molecule has 1 atom stereocenters. The second-order valence-corrected chi connectivity index (χ2v) is 7.33. The summed E-state index contributed by atoms with van der Waals surface area (Å²) >= 11 is 2.11. The standard InChI is InChI=1S/C13H18INO3S/c1-5-9-6-7-11(10(14)8-9)19(17)15-12(16)18-13(2,3)4/h6-8H,5H2,1-4H3,(H,15,16). The van der Waals surface area contributed by atoms with E-state index < -0.39 is 22.7 Å². The van der Waals surface area contributed by atoms with Crippen LogP contribution in [0.25, 0.3) is 0 Å². The zero-order valence-electron chi connectivity index (χ0n) is 11.5. The summed E-state index contributed by atoms with van der Waals surface area (Å²) < 4.78 is 20.3. The van der Waals surface area contributed by atoms with Crippen molar-refractivity contribution in [1.82, 2.24) is 4.72 Å². The van der Waals surface area contributed by atoms with Crippen LogP contribution in [0.3, 0.4) is 0 Å². The maximum atomic E-state index is 12.1. The SMILES string of the molecule is CCc1ccc(S(=O)NC(=O)OC(C)(C)C)c(I)c1. The van der Waals surface area contributed by atoms with Gasteiger partial charge in [0.05, 0.1) is 4.90 Å². The minimum atomic E-state index is -1.60. The highest BCUT2D eigenvalue weighted by Gasteiger charge is 2.19. The number of carbonyl (C=O) groups is 1. The van der Waals surface area contributed by atoms with E-state index in [1.165, 1.54) is 5.56 Å². The quantitative estimate of drug-likeness (QED) is 0.799. The van der Waals surface area contributed by atoms with Gasteiger partial charge in [-0.25, -0.2) is 13.7 Å². The van der Waals surface area contributed by atoms with Gasteiger partial charge in [0, 0.05) is 3.57 Å². The molecule has 0 radical (unpaired) electrons. The van der Waals surface area contributed by atoms with E-state index in [1.807, 2.05) is 12.1 Å². The van der Waals surface area contributed by atoms with Crippen LogP contribution in [0.15, 0.2) is 23.1 Å². The summed E-state index contributed by atoms with van der Waals surface area (Å²) in [7, 11) is -1.60. The minimum absolute atomic E-state index is 0.587. The van der Waals surface area contributed by atoms with Crippen molar-refractivity contribution in [3.8, 4) is 0 Å². The van der Waals surface area contributed by atoms with Gasteiger partial charge in [0.25, 0.3) is 0 Å². The van der Waals surface area contributed by atoms with E-state index in [9.17, 15) is 9.00 Å². The molecule has 4 nitrogen and oxygen atoms in total. The number of amides is 1. The van der Waals surface area contributed by atoms with Crippen LogP contribution in [0, 0.1) is 3.57 Å². The molecule has 0 saturated heterocycles. The molecule has 6 heteroatoms. The van der Waals surface area contributed by atoms with Crippen molar-refractivity contribution in [1.29, 1.82) is 0 Å². The van der Waals surface area contributed by atoms with Crippen LogP contribution in [0.5, 0.6) is 0 Å². The number of rotatable bonds is 3. The summed E-state index contributed by atoms with van der Waals surface area (Å²) in [5, 5.41) is 0. The first-order chi connectivity index (χ1) is 8.73. The van der Waals surface area contributed by atoms with Crippen molar-refractivity contribution >= 4 is 39.7 Å². The highest BCUT2D eigenvalue weighted by atomic mass is 127. The largest absolute Gasteiger partial charge is 0.443 e. The molecule has 1 aromatic rings. The van der Waals surface area contributed by atoms with Crippen LogP contribution in [0.1, 0.15) is 33.3 Å². The van der Waals surface area contributed by atoms with E-state index in [0.29, 0.717) is 4.90 Å². The van der Waals surface area contributed by atoms with Crippen LogP contribution in [0.4, 0.5) is 4.79 Å². The van der Waals surface area contributed by atoms with Gasteiger partial charge in [-0.2, -0.15) is 0 Å². The normalized spacial score (nSPS) is 12.9. The first kappa shape index (κ1) is 16.4. The average molecular weight is 395 g/mol. The van der Waals surface area contributed by atoms with E-state index in [2.05, 4.69) is 34.2 Å². The Morgan fingerprint density at radius 3 is 2.53 bits per heavy atom. The van der Waals surface area contributed by atoms with Crippen LogP contribution in [-0.2, 0) is 22.1 Å². The second-order valence-electron chi connectivity index (χ2n) is 4.99. The predicted molar refractivity (Wildman–Crippen MR) is 84.3 cm³/mol. The molecular weight excluding hydrogens is 377 g/mol. The van der Waals surface area contributed by atoms with E-state index >= 15 is 0 Å². The Morgan fingerprint density at radius 1 is 1.42 bits per heavy atom. The molecule has 0 aliphatic carbocycles. The smallest absolute Gasteiger partial charge is 0.419 e. The van der Waals surface area contributed by atoms with E-state index in [1.54, 1.807) is 26.8 Å². The summed E-state index contributed by atoms with van der Waals surface area (Å²) in [6.45, 7) is 7.33.